The van der Waals surface area contributed by atoms with Gasteiger partial charge in [0, 0.05) is 50.3 Å². The van der Waals surface area contributed by atoms with E-state index >= 15 is 0 Å². The van der Waals surface area contributed by atoms with Gasteiger partial charge in [-0.1, -0.05) is 11.2 Å². The molecule has 2 amide bonds. The Bertz CT molecular complexity index is 891. The lowest BCUT2D eigenvalue weighted by molar-refractivity contribution is -0.137. The van der Waals surface area contributed by atoms with Crippen LogP contribution in [0.5, 0.6) is 5.75 Å². The normalized spacial score (nSPS) is 20.1. The number of rotatable bonds is 2. The molecule has 0 aliphatic carbocycles. The Labute approximate surface area is 165 Å². The highest BCUT2D eigenvalue weighted by Crippen LogP contribution is 2.40. The number of benzene rings is 1. The van der Waals surface area contributed by atoms with Crippen LogP contribution in [-0.4, -0.2) is 53.8 Å². The van der Waals surface area contributed by atoms with Crippen LogP contribution in [0.4, 0.5) is 23.8 Å². The quantitative estimate of drug-likeness (QED) is 0.818. The molecule has 7 nitrogen and oxygen atoms in total. The summed E-state index contributed by atoms with van der Waals surface area (Å²) in [4.78, 5) is 16.3. The molecule has 156 valence electrons. The molecule has 0 radical (unpaired) electrons. The van der Waals surface area contributed by atoms with Crippen LogP contribution in [0.1, 0.15) is 29.3 Å². The Morgan fingerprint density at radius 2 is 1.97 bits per heavy atom. The number of piperazine rings is 1. The van der Waals surface area contributed by atoms with Gasteiger partial charge in [0.1, 0.15) is 11.5 Å². The molecule has 4 rings (SSSR count). The molecule has 29 heavy (non-hydrogen) atoms. The van der Waals surface area contributed by atoms with Crippen molar-refractivity contribution in [1.82, 2.24) is 15.0 Å². The molecule has 0 bridgehead atoms. The van der Waals surface area contributed by atoms with Crippen LogP contribution in [-0.2, 0) is 6.18 Å². The first-order valence-corrected chi connectivity index (χ1v) is 9.38. The van der Waals surface area contributed by atoms with Crippen LogP contribution in [0.3, 0.4) is 0 Å². The molecule has 1 fully saturated rings. The van der Waals surface area contributed by atoms with E-state index < -0.39 is 11.7 Å². The summed E-state index contributed by atoms with van der Waals surface area (Å²) in [5, 5.41) is 6.45. The molecule has 1 aromatic carbocycles. The molecule has 10 heteroatoms. The molecule has 0 saturated carbocycles. The van der Waals surface area contributed by atoms with Crippen LogP contribution in [0, 0.1) is 6.92 Å². The average molecular weight is 410 g/mol. The molecule has 0 spiro atoms. The SMILES string of the molecule is Cc1cc(NC(=O)N2CCN(C3CCOc4cc(C(F)(F)F)ccc43)CC2)no1. The number of fused-ring (bicyclic) bond motifs is 1. The molecule has 1 atom stereocenters. The van der Waals surface area contributed by atoms with Crippen LogP contribution in [0.2, 0.25) is 0 Å². The van der Waals surface area contributed by atoms with Crippen LogP contribution < -0.4 is 10.1 Å². The average Bonchev–Trinajstić information content (AvgIpc) is 3.11. The standard InChI is InChI=1S/C19H21F3N4O3/c1-12-10-17(24-29-12)23-18(27)26-7-5-25(6-8-26)15-4-9-28-16-11-13(19(20,21)22)2-3-14(15)16/h2-3,10-11,15H,4-9H2,1H3,(H,23,24,27). The summed E-state index contributed by atoms with van der Waals surface area (Å²) in [7, 11) is 0. The Morgan fingerprint density at radius 3 is 2.62 bits per heavy atom. The van der Waals surface area contributed by atoms with Gasteiger partial charge >= 0.3 is 12.2 Å². The summed E-state index contributed by atoms with van der Waals surface area (Å²) in [5.74, 6) is 1.27. The Kier molecular flexibility index (Phi) is 5.12. The van der Waals surface area contributed by atoms with E-state index in [2.05, 4.69) is 15.4 Å². The summed E-state index contributed by atoms with van der Waals surface area (Å²) < 4.78 is 49.3. The zero-order valence-corrected chi connectivity index (χ0v) is 15.8. The molecule has 2 aliphatic heterocycles. The minimum Gasteiger partial charge on any atom is -0.493 e. The van der Waals surface area contributed by atoms with E-state index in [1.165, 1.54) is 6.07 Å². The molecule has 1 aromatic heterocycles. The predicted molar refractivity (Wildman–Crippen MR) is 97.7 cm³/mol. The Morgan fingerprint density at radius 1 is 1.21 bits per heavy atom. The van der Waals surface area contributed by atoms with Gasteiger partial charge in [-0.2, -0.15) is 13.2 Å². The van der Waals surface area contributed by atoms with Gasteiger partial charge in [-0.3, -0.25) is 10.2 Å². The highest BCUT2D eigenvalue weighted by atomic mass is 19.4. The van der Waals surface area contributed by atoms with Crippen molar-refractivity contribution >= 4 is 11.8 Å². The number of aryl methyl sites for hydroxylation is 1. The number of anilines is 1. The minimum atomic E-state index is -4.40. The second kappa shape index (κ2) is 7.58. The molecular weight excluding hydrogens is 389 g/mol. The molecule has 2 aliphatic rings. The molecule has 3 heterocycles. The largest absolute Gasteiger partial charge is 0.493 e. The van der Waals surface area contributed by atoms with Gasteiger partial charge in [0.2, 0.25) is 0 Å². The van der Waals surface area contributed by atoms with Gasteiger partial charge in [-0.25, -0.2) is 4.79 Å². The van der Waals surface area contributed by atoms with E-state index in [9.17, 15) is 18.0 Å². The molecule has 1 N–H and O–H groups in total. The number of amides is 2. The van der Waals surface area contributed by atoms with E-state index in [0.717, 1.165) is 17.7 Å². The van der Waals surface area contributed by atoms with Gasteiger partial charge in [0.05, 0.1) is 12.2 Å². The third-order valence-corrected chi connectivity index (χ3v) is 5.25. The lowest BCUT2D eigenvalue weighted by Crippen LogP contribution is -2.51. The van der Waals surface area contributed by atoms with E-state index in [-0.39, 0.29) is 17.8 Å². The maximum Gasteiger partial charge on any atom is 0.416 e. The van der Waals surface area contributed by atoms with Crippen molar-refractivity contribution in [3.05, 3.63) is 41.2 Å². The number of nitrogens with zero attached hydrogens (tertiary/aromatic N) is 3. The topological polar surface area (TPSA) is 70.8 Å². The lowest BCUT2D eigenvalue weighted by atomic mass is 9.96. The van der Waals surface area contributed by atoms with E-state index in [4.69, 9.17) is 9.26 Å². The highest BCUT2D eigenvalue weighted by Gasteiger charge is 2.35. The van der Waals surface area contributed by atoms with Crippen molar-refractivity contribution in [2.45, 2.75) is 25.6 Å². The highest BCUT2D eigenvalue weighted by molar-refractivity contribution is 5.88. The van der Waals surface area contributed by atoms with Crippen molar-refractivity contribution in [3.63, 3.8) is 0 Å². The number of hydrogen-bond donors (Lipinski definition) is 1. The van der Waals surface area contributed by atoms with Crippen molar-refractivity contribution in [2.24, 2.45) is 0 Å². The zero-order valence-electron chi connectivity index (χ0n) is 15.8. The van der Waals surface area contributed by atoms with E-state index in [0.29, 0.717) is 50.8 Å². The number of carbonyl (C=O) groups is 1. The molecule has 2 aromatic rings. The number of nitrogens with one attached hydrogen (secondary N) is 1. The summed E-state index contributed by atoms with van der Waals surface area (Å²) in [5.41, 5.74) is 0.0571. The number of hydrogen-bond acceptors (Lipinski definition) is 5. The van der Waals surface area contributed by atoms with Crippen LogP contribution >= 0.6 is 0 Å². The van der Waals surface area contributed by atoms with Gasteiger partial charge in [-0.15, -0.1) is 0 Å². The fourth-order valence-electron chi connectivity index (χ4n) is 3.78. The fraction of sp³-hybridized carbons (Fsp3) is 0.474. The Balaban J connectivity index is 1.40. The first-order chi connectivity index (χ1) is 13.8. The molecule has 1 saturated heterocycles. The minimum absolute atomic E-state index is 0.0237. The first-order valence-electron chi connectivity index (χ1n) is 9.38. The molecular formula is C19H21F3N4O3. The van der Waals surface area contributed by atoms with Gasteiger partial charge in [-0.05, 0) is 19.1 Å². The van der Waals surface area contributed by atoms with Crippen LogP contribution in [0.25, 0.3) is 0 Å². The monoisotopic (exact) mass is 410 g/mol. The van der Waals surface area contributed by atoms with Crippen molar-refractivity contribution in [2.75, 3.05) is 38.1 Å². The van der Waals surface area contributed by atoms with Crippen LogP contribution in [0.15, 0.2) is 28.8 Å². The summed E-state index contributed by atoms with van der Waals surface area (Å²) in [6.45, 7) is 4.37. The third-order valence-electron chi connectivity index (χ3n) is 5.25. The number of aromatic nitrogens is 1. The van der Waals surface area contributed by atoms with Gasteiger partial charge in [0.25, 0.3) is 0 Å². The van der Waals surface area contributed by atoms with Crippen molar-refractivity contribution in [3.8, 4) is 5.75 Å². The second-order valence-corrected chi connectivity index (χ2v) is 7.18. The fourth-order valence-corrected chi connectivity index (χ4v) is 3.78. The van der Waals surface area contributed by atoms with E-state index in [1.54, 1.807) is 17.9 Å². The molecule has 1 unspecified atom stereocenters. The van der Waals surface area contributed by atoms with Crippen molar-refractivity contribution < 1.29 is 27.2 Å². The maximum absolute atomic E-state index is 13.0. The third kappa shape index (κ3) is 4.16. The smallest absolute Gasteiger partial charge is 0.416 e. The lowest BCUT2D eigenvalue weighted by Gasteiger charge is -2.41. The van der Waals surface area contributed by atoms with Crippen molar-refractivity contribution in [1.29, 1.82) is 0 Å². The van der Waals surface area contributed by atoms with Gasteiger partial charge in [0.15, 0.2) is 5.82 Å². The number of carbonyl (C=O) groups excluding carboxylic acids is 1. The number of halogens is 3. The number of ether oxygens (including phenoxy) is 1. The number of alkyl halides is 3. The predicted octanol–water partition coefficient (Wildman–Crippen LogP) is 3.68. The van der Waals surface area contributed by atoms with E-state index in [1.807, 2.05) is 0 Å². The second-order valence-electron chi connectivity index (χ2n) is 7.18. The maximum atomic E-state index is 13.0. The summed E-state index contributed by atoms with van der Waals surface area (Å²) in [6.07, 6.45) is -3.70. The zero-order chi connectivity index (χ0) is 20.6. The number of urea groups is 1. The van der Waals surface area contributed by atoms with Gasteiger partial charge < -0.3 is 14.2 Å². The Hall–Kier alpha value is -2.75. The summed E-state index contributed by atoms with van der Waals surface area (Å²) in [6, 6.07) is 5.05. The summed E-state index contributed by atoms with van der Waals surface area (Å²) >= 11 is 0. The first kappa shape index (κ1) is 19.6.